The molecule has 0 bridgehead atoms. The second-order valence-corrected chi connectivity index (χ2v) is 4.74. The summed E-state index contributed by atoms with van der Waals surface area (Å²) in [5.74, 6) is -1.02. The third-order valence-electron chi connectivity index (χ3n) is 3.10. The van der Waals surface area contributed by atoms with Crippen LogP contribution in [-0.4, -0.2) is 49.6 Å². The Hall–Kier alpha value is -2.12. The van der Waals surface area contributed by atoms with Gasteiger partial charge in [-0.05, 0) is 24.6 Å². The Bertz CT molecular complexity index is 526. The molecule has 7 heteroatoms. The van der Waals surface area contributed by atoms with Gasteiger partial charge in [0.2, 0.25) is 0 Å². The molecule has 1 saturated heterocycles. The van der Waals surface area contributed by atoms with Crippen LogP contribution in [-0.2, 0) is 9.47 Å². The van der Waals surface area contributed by atoms with Crippen molar-refractivity contribution >= 4 is 17.7 Å². The van der Waals surface area contributed by atoms with E-state index in [-0.39, 0.29) is 11.7 Å². The van der Waals surface area contributed by atoms with E-state index in [4.69, 9.17) is 14.6 Å². The van der Waals surface area contributed by atoms with Crippen molar-refractivity contribution in [1.82, 2.24) is 5.32 Å². The molecule has 1 heterocycles. The van der Waals surface area contributed by atoms with Crippen LogP contribution >= 0.6 is 0 Å². The zero-order valence-electron chi connectivity index (χ0n) is 11.7. The maximum atomic E-state index is 11.8. The lowest BCUT2D eigenvalue weighted by Crippen LogP contribution is -2.41. The van der Waals surface area contributed by atoms with E-state index in [1.165, 1.54) is 6.07 Å². The fraction of sp³-hybridized carbons (Fsp3) is 0.429. The quantitative estimate of drug-likeness (QED) is 0.776. The van der Waals surface area contributed by atoms with Gasteiger partial charge < -0.3 is 25.2 Å². The molecule has 0 radical (unpaired) electrons. The molecular weight excluding hydrogens is 276 g/mol. The van der Waals surface area contributed by atoms with Crippen LogP contribution in [0.1, 0.15) is 15.9 Å². The normalized spacial score (nSPS) is 18.0. The van der Waals surface area contributed by atoms with Crippen molar-refractivity contribution in [2.24, 2.45) is 0 Å². The Kier molecular flexibility index (Phi) is 5.13. The van der Waals surface area contributed by atoms with Gasteiger partial charge in [0, 0.05) is 12.2 Å². The number of carbonyl (C=O) groups excluding carboxylic acids is 1. The van der Waals surface area contributed by atoms with Crippen molar-refractivity contribution in [2.75, 3.05) is 31.7 Å². The highest BCUT2D eigenvalue weighted by atomic mass is 16.6. The summed E-state index contributed by atoms with van der Waals surface area (Å²) < 4.78 is 10.6. The van der Waals surface area contributed by atoms with Gasteiger partial charge in [-0.3, -0.25) is 0 Å². The van der Waals surface area contributed by atoms with Crippen LogP contribution in [0.3, 0.4) is 0 Å². The molecule has 1 aliphatic heterocycles. The zero-order valence-corrected chi connectivity index (χ0v) is 11.7. The van der Waals surface area contributed by atoms with Gasteiger partial charge in [-0.25, -0.2) is 9.59 Å². The van der Waals surface area contributed by atoms with Crippen molar-refractivity contribution in [3.63, 3.8) is 0 Å². The van der Waals surface area contributed by atoms with Gasteiger partial charge in [-0.15, -0.1) is 0 Å². The molecule has 0 spiro atoms. The number of benzene rings is 1. The molecule has 1 atom stereocenters. The van der Waals surface area contributed by atoms with Gasteiger partial charge in [0.1, 0.15) is 0 Å². The van der Waals surface area contributed by atoms with Gasteiger partial charge in [-0.1, -0.05) is 6.07 Å². The number of amides is 2. The fourth-order valence-electron chi connectivity index (χ4n) is 1.97. The molecule has 7 nitrogen and oxygen atoms in total. The molecule has 0 aliphatic carbocycles. The van der Waals surface area contributed by atoms with Gasteiger partial charge in [-0.2, -0.15) is 0 Å². The van der Waals surface area contributed by atoms with Gasteiger partial charge >= 0.3 is 12.0 Å². The molecule has 2 rings (SSSR count). The highest BCUT2D eigenvalue weighted by Gasteiger charge is 2.15. The van der Waals surface area contributed by atoms with Crippen molar-refractivity contribution in [3.8, 4) is 0 Å². The number of aromatic carboxylic acids is 1. The number of anilines is 1. The lowest BCUT2D eigenvalue weighted by molar-refractivity contribution is -0.0852. The van der Waals surface area contributed by atoms with Gasteiger partial charge in [0.25, 0.3) is 0 Å². The molecule has 114 valence electrons. The lowest BCUT2D eigenvalue weighted by atomic mass is 10.1. The van der Waals surface area contributed by atoms with E-state index < -0.39 is 12.0 Å². The van der Waals surface area contributed by atoms with E-state index in [1.54, 1.807) is 19.1 Å². The number of carbonyl (C=O) groups is 2. The third-order valence-corrected chi connectivity index (χ3v) is 3.10. The minimum atomic E-state index is -1.02. The van der Waals surface area contributed by atoms with Crippen LogP contribution in [0.2, 0.25) is 0 Å². The first-order chi connectivity index (χ1) is 10.1. The van der Waals surface area contributed by atoms with E-state index >= 15 is 0 Å². The molecule has 0 saturated carbocycles. The molecule has 1 aromatic rings. The Balaban J connectivity index is 1.87. The predicted octanol–water partition coefficient (Wildman–Crippen LogP) is 1.23. The number of nitrogens with one attached hydrogen (secondary N) is 2. The number of rotatable bonds is 4. The molecule has 0 aromatic heterocycles. The highest BCUT2D eigenvalue weighted by Crippen LogP contribution is 2.15. The fourth-order valence-corrected chi connectivity index (χ4v) is 1.97. The van der Waals surface area contributed by atoms with Gasteiger partial charge in [0.15, 0.2) is 0 Å². The Labute approximate surface area is 122 Å². The van der Waals surface area contributed by atoms with Crippen LogP contribution in [0.15, 0.2) is 18.2 Å². The van der Waals surface area contributed by atoms with Crippen LogP contribution in [0.4, 0.5) is 10.5 Å². The summed E-state index contributed by atoms with van der Waals surface area (Å²) in [6.45, 7) is 3.59. The van der Waals surface area contributed by atoms with E-state index in [0.29, 0.717) is 37.6 Å². The zero-order chi connectivity index (χ0) is 15.2. The summed E-state index contributed by atoms with van der Waals surface area (Å²) in [5, 5.41) is 14.3. The number of urea groups is 1. The number of carboxylic acids is 1. The molecule has 21 heavy (non-hydrogen) atoms. The minimum absolute atomic E-state index is 0.155. The SMILES string of the molecule is Cc1ccc(NC(=O)NCC2COCCO2)cc1C(=O)O. The maximum absolute atomic E-state index is 11.8. The average Bonchev–Trinajstić information content (AvgIpc) is 2.48. The van der Waals surface area contributed by atoms with Crippen LogP contribution in [0.25, 0.3) is 0 Å². The molecule has 1 unspecified atom stereocenters. The summed E-state index contributed by atoms with van der Waals surface area (Å²) in [6.07, 6.45) is -0.155. The Morgan fingerprint density at radius 3 is 2.86 bits per heavy atom. The first kappa shape index (κ1) is 15.3. The Morgan fingerprint density at radius 2 is 2.19 bits per heavy atom. The smallest absolute Gasteiger partial charge is 0.336 e. The molecular formula is C14H18N2O5. The third kappa shape index (κ3) is 4.44. The van der Waals surface area contributed by atoms with Crippen molar-refractivity contribution in [2.45, 2.75) is 13.0 Å². The second-order valence-electron chi connectivity index (χ2n) is 4.74. The maximum Gasteiger partial charge on any atom is 0.336 e. The molecule has 1 aliphatic rings. The average molecular weight is 294 g/mol. The standard InChI is InChI=1S/C14H18N2O5/c1-9-2-3-10(6-12(9)13(17)18)16-14(19)15-7-11-8-20-4-5-21-11/h2-3,6,11H,4-5,7-8H2,1H3,(H,17,18)(H2,15,16,19). The number of hydrogen-bond acceptors (Lipinski definition) is 4. The number of carboxylic acid groups (broad SMARTS) is 1. The van der Waals surface area contributed by atoms with E-state index in [2.05, 4.69) is 10.6 Å². The van der Waals surface area contributed by atoms with Crippen molar-refractivity contribution in [1.29, 1.82) is 0 Å². The summed E-state index contributed by atoms with van der Waals surface area (Å²) >= 11 is 0. The second kappa shape index (κ2) is 7.05. The molecule has 3 N–H and O–H groups in total. The van der Waals surface area contributed by atoms with E-state index in [9.17, 15) is 9.59 Å². The summed E-state index contributed by atoms with van der Waals surface area (Å²) in [7, 11) is 0. The summed E-state index contributed by atoms with van der Waals surface area (Å²) in [5.41, 5.74) is 1.23. The molecule has 1 fully saturated rings. The number of aryl methyl sites for hydroxylation is 1. The lowest BCUT2D eigenvalue weighted by Gasteiger charge is -2.23. The Morgan fingerprint density at radius 1 is 1.38 bits per heavy atom. The number of ether oxygens (including phenoxy) is 2. The highest BCUT2D eigenvalue weighted by molar-refractivity contribution is 5.94. The summed E-state index contributed by atoms with van der Waals surface area (Å²) in [6, 6.07) is 4.32. The van der Waals surface area contributed by atoms with Crippen molar-refractivity contribution in [3.05, 3.63) is 29.3 Å². The predicted molar refractivity (Wildman–Crippen MR) is 75.7 cm³/mol. The number of hydrogen-bond donors (Lipinski definition) is 3. The van der Waals surface area contributed by atoms with Gasteiger partial charge in [0.05, 0.1) is 31.5 Å². The van der Waals surface area contributed by atoms with Crippen LogP contribution < -0.4 is 10.6 Å². The van der Waals surface area contributed by atoms with Crippen molar-refractivity contribution < 1.29 is 24.2 Å². The molecule has 2 amide bonds. The minimum Gasteiger partial charge on any atom is -0.478 e. The van der Waals surface area contributed by atoms with E-state index in [0.717, 1.165) is 0 Å². The van der Waals surface area contributed by atoms with E-state index in [1.807, 2.05) is 0 Å². The van der Waals surface area contributed by atoms with Crippen LogP contribution in [0, 0.1) is 6.92 Å². The molecule has 1 aromatic carbocycles. The largest absolute Gasteiger partial charge is 0.478 e. The first-order valence-corrected chi connectivity index (χ1v) is 6.64. The first-order valence-electron chi connectivity index (χ1n) is 6.64. The topological polar surface area (TPSA) is 96.9 Å². The summed E-state index contributed by atoms with van der Waals surface area (Å²) in [4.78, 5) is 22.8. The van der Waals surface area contributed by atoms with Crippen LogP contribution in [0.5, 0.6) is 0 Å². The monoisotopic (exact) mass is 294 g/mol.